The summed E-state index contributed by atoms with van der Waals surface area (Å²) >= 11 is 0. The number of hydrogen-bond acceptors (Lipinski definition) is 2. The van der Waals surface area contributed by atoms with Gasteiger partial charge in [0.05, 0.1) is 5.92 Å². The average molecular weight is 335 g/mol. The molecule has 0 radical (unpaired) electrons. The van der Waals surface area contributed by atoms with Crippen molar-refractivity contribution in [3.63, 3.8) is 0 Å². The van der Waals surface area contributed by atoms with Crippen LogP contribution < -0.4 is 4.43 Å². The Bertz CT molecular complexity index is 537. The van der Waals surface area contributed by atoms with Crippen molar-refractivity contribution in [3.05, 3.63) is 29.8 Å². The Morgan fingerprint density at radius 3 is 2.13 bits per heavy atom. The van der Waals surface area contributed by atoms with Crippen LogP contribution >= 0.6 is 0 Å². The standard InChI is InChI=1S/C19H30O3Si/c1-19(2,3)23(4,5)22-16-12-10-15(11-13-16)17(18(20)21)14-8-6-7-9-14/h10-14,17H,6-9H2,1-5H3,(H,20,21). The molecule has 3 nitrogen and oxygen atoms in total. The molecule has 1 atom stereocenters. The van der Waals surface area contributed by atoms with Crippen LogP contribution in [0.3, 0.4) is 0 Å². The molecule has 1 aromatic carbocycles. The van der Waals surface area contributed by atoms with Crippen LogP contribution in [0.4, 0.5) is 0 Å². The minimum absolute atomic E-state index is 0.152. The molecule has 4 heteroatoms. The molecule has 0 saturated heterocycles. The van der Waals surface area contributed by atoms with E-state index < -0.39 is 14.3 Å². The van der Waals surface area contributed by atoms with E-state index in [0.29, 0.717) is 0 Å². The van der Waals surface area contributed by atoms with E-state index in [2.05, 4.69) is 33.9 Å². The largest absolute Gasteiger partial charge is 0.544 e. The second kappa shape index (κ2) is 6.68. The summed E-state index contributed by atoms with van der Waals surface area (Å²) in [4.78, 5) is 11.7. The Kier molecular flexibility index (Phi) is 5.24. The maximum absolute atomic E-state index is 11.7. The van der Waals surface area contributed by atoms with E-state index in [1.165, 1.54) is 0 Å². The van der Waals surface area contributed by atoms with Gasteiger partial charge in [0.2, 0.25) is 8.32 Å². The molecular weight excluding hydrogens is 304 g/mol. The van der Waals surface area contributed by atoms with Gasteiger partial charge in [-0.1, -0.05) is 45.7 Å². The number of carbonyl (C=O) groups is 1. The van der Waals surface area contributed by atoms with Gasteiger partial charge in [0.1, 0.15) is 5.75 Å². The van der Waals surface area contributed by atoms with E-state index in [1.807, 2.05) is 24.3 Å². The fraction of sp³-hybridized carbons (Fsp3) is 0.632. The van der Waals surface area contributed by atoms with E-state index in [4.69, 9.17) is 4.43 Å². The van der Waals surface area contributed by atoms with Crippen molar-refractivity contribution in [2.45, 2.75) is 70.5 Å². The van der Waals surface area contributed by atoms with Crippen molar-refractivity contribution < 1.29 is 14.3 Å². The zero-order valence-electron chi connectivity index (χ0n) is 15.1. The first-order chi connectivity index (χ1) is 10.6. The molecule has 1 saturated carbocycles. The molecule has 1 fully saturated rings. The molecule has 1 aliphatic rings. The van der Waals surface area contributed by atoms with E-state index in [9.17, 15) is 9.90 Å². The zero-order valence-corrected chi connectivity index (χ0v) is 16.1. The van der Waals surface area contributed by atoms with Crippen molar-refractivity contribution >= 4 is 14.3 Å². The van der Waals surface area contributed by atoms with Crippen molar-refractivity contribution in [2.24, 2.45) is 5.92 Å². The first-order valence-electron chi connectivity index (χ1n) is 8.63. The lowest BCUT2D eigenvalue weighted by molar-refractivity contribution is -0.140. The summed E-state index contributed by atoms with van der Waals surface area (Å²) in [6.07, 6.45) is 4.36. The van der Waals surface area contributed by atoms with E-state index in [0.717, 1.165) is 37.0 Å². The summed E-state index contributed by atoms with van der Waals surface area (Å²) < 4.78 is 6.28. The molecule has 0 bridgehead atoms. The molecule has 1 aliphatic carbocycles. The lowest BCUT2D eigenvalue weighted by atomic mass is 9.85. The van der Waals surface area contributed by atoms with Crippen LogP contribution in [-0.4, -0.2) is 19.4 Å². The number of aliphatic carboxylic acids is 1. The van der Waals surface area contributed by atoms with Gasteiger partial charge in [0, 0.05) is 0 Å². The van der Waals surface area contributed by atoms with Crippen LogP contribution in [-0.2, 0) is 4.79 Å². The molecule has 0 heterocycles. The van der Waals surface area contributed by atoms with Crippen LogP contribution in [0.5, 0.6) is 5.75 Å². The van der Waals surface area contributed by atoms with Crippen LogP contribution in [0.15, 0.2) is 24.3 Å². The van der Waals surface area contributed by atoms with Crippen molar-refractivity contribution in [3.8, 4) is 5.75 Å². The van der Waals surface area contributed by atoms with Crippen LogP contribution in [0.1, 0.15) is 57.9 Å². The second-order valence-corrected chi connectivity index (χ2v) is 13.0. The minimum Gasteiger partial charge on any atom is -0.544 e. The predicted molar refractivity (Wildman–Crippen MR) is 96.6 cm³/mol. The van der Waals surface area contributed by atoms with Gasteiger partial charge in [-0.25, -0.2) is 0 Å². The summed E-state index contributed by atoms with van der Waals surface area (Å²) in [6, 6.07) is 7.78. The highest BCUT2D eigenvalue weighted by atomic mass is 28.4. The van der Waals surface area contributed by atoms with Gasteiger partial charge in [-0.05, 0) is 54.6 Å². The van der Waals surface area contributed by atoms with Gasteiger partial charge in [-0.15, -0.1) is 0 Å². The Balaban J connectivity index is 2.16. The Morgan fingerprint density at radius 1 is 1.17 bits per heavy atom. The highest BCUT2D eigenvalue weighted by molar-refractivity contribution is 6.74. The van der Waals surface area contributed by atoms with E-state index in [1.54, 1.807) is 0 Å². The second-order valence-electron chi connectivity index (χ2n) is 8.29. The van der Waals surface area contributed by atoms with E-state index in [-0.39, 0.29) is 16.9 Å². The Hall–Kier alpha value is -1.29. The first kappa shape index (κ1) is 18.1. The maximum atomic E-state index is 11.7. The van der Waals surface area contributed by atoms with Crippen LogP contribution in [0, 0.1) is 5.92 Å². The van der Waals surface area contributed by atoms with Gasteiger partial charge in [-0.3, -0.25) is 4.79 Å². The number of benzene rings is 1. The summed E-state index contributed by atoms with van der Waals surface area (Å²) in [6.45, 7) is 11.1. The average Bonchev–Trinajstić information content (AvgIpc) is 2.92. The normalized spacial score (nSPS) is 18.0. The molecule has 1 N–H and O–H groups in total. The summed E-state index contributed by atoms with van der Waals surface area (Å²) in [5.41, 5.74) is 0.909. The fourth-order valence-corrected chi connectivity index (χ4v) is 4.13. The molecule has 128 valence electrons. The number of rotatable bonds is 5. The van der Waals surface area contributed by atoms with Crippen molar-refractivity contribution in [1.29, 1.82) is 0 Å². The molecule has 1 aromatic rings. The molecule has 23 heavy (non-hydrogen) atoms. The van der Waals surface area contributed by atoms with Gasteiger partial charge < -0.3 is 9.53 Å². The fourth-order valence-electron chi connectivity index (χ4n) is 3.10. The predicted octanol–water partition coefficient (Wildman–Crippen LogP) is 5.43. The molecule has 0 amide bonds. The minimum atomic E-state index is -1.85. The van der Waals surface area contributed by atoms with Crippen LogP contribution in [0.2, 0.25) is 18.1 Å². The number of carboxylic acid groups (broad SMARTS) is 1. The molecule has 0 aliphatic heterocycles. The lowest BCUT2D eigenvalue weighted by Gasteiger charge is -2.36. The highest BCUT2D eigenvalue weighted by Gasteiger charge is 2.39. The SMILES string of the molecule is CC(C)(C)[Si](C)(C)Oc1ccc(C(C(=O)O)C2CCCC2)cc1. The third-order valence-electron chi connectivity index (χ3n) is 5.56. The number of hydrogen-bond donors (Lipinski definition) is 1. The topological polar surface area (TPSA) is 46.5 Å². The number of carboxylic acids is 1. The maximum Gasteiger partial charge on any atom is 0.311 e. The third-order valence-corrected chi connectivity index (χ3v) is 9.91. The highest BCUT2D eigenvalue weighted by Crippen LogP contribution is 2.39. The van der Waals surface area contributed by atoms with E-state index >= 15 is 0 Å². The molecule has 2 rings (SSSR count). The quantitative estimate of drug-likeness (QED) is 0.730. The van der Waals surface area contributed by atoms with Gasteiger partial charge in [-0.2, -0.15) is 0 Å². The van der Waals surface area contributed by atoms with Crippen molar-refractivity contribution in [2.75, 3.05) is 0 Å². The third kappa shape index (κ3) is 4.17. The van der Waals surface area contributed by atoms with Gasteiger partial charge >= 0.3 is 5.97 Å². The van der Waals surface area contributed by atoms with Gasteiger partial charge in [0.25, 0.3) is 0 Å². The van der Waals surface area contributed by atoms with Crippen molar-refractivity contribution in [1.82, 2.24) is 0 Å². The first-order valence-corrected chi connectivity index (χ1v) is 11.5. The zero-order chi connectivity index (χ0) is 17.3. The monoisotopic (exact) mass is 334 g/mol. The Labute approximate surface area is 141 Å². The summed E-state index contributed by atoms with van der Waals surface area (Å²) in [5.74, 6) is 0.0601. The lowest BCUT2D eigenvalue weighted by Crippen LogP contribution is -2.43. The van der Waals surface area contributed by atoms with Gasteiger partial charge in [0.15, 0.2) is 0 Å². The summed E-state index contributed by atoms with van der Waals surface area (Å²) in [7, 11) is -1.85. The molecular formula is C19H30O3Si. The molecule has 0 spiro atoms. The molecule has 0 aromatic heterocycles. The van der Waals surface area contributed by atoms with Crippen LogP contribution in [0.25, 0.3) is 0 Å². The molecule has 1 unspecified atom stereocenters. The summed E-state index contributed by atoms with van der Waals surface area (Å²) in [5, 5.41) is 9.78. The Morgan fingerprint density at radius 2 is 1.70 bits per heavy atom. The smallest absolute Gasteiger partial charge is 0.311 e.